The molecule has 4 N–H and O–H groups in total. The van der Waals surface area contributed by atoms with Crippen molar-refractivity contribution in [1.82, 2.24) is 10.3 Å². The summed E-state index contributed by atoms with van der Waals surface area (Å²) < 4.78 is 0. The summed E-state index contributed by atoms with van der Waals surface area (Å²) in [6.07, 6.45) is 1.54. The highest BCUT2D eigenvalue weighted by molar-refractivity contribution is 6.31. The van der Waals surface area contributed by atoms with E-state index in [1.165, 1.54) is 12.3 Å². The van der Waals surface area contributed by atoms with Crippen molar-refractivity contribution in [2.24, 2.45) is 5.10 Å². The minimum Gasteiger partial charge on any atom is -0.395 e. The number of nitrogens with zero attached hydrogens (tertiary/aromatic N) is 2. The zero-order chi connectivity index (χ0) is 25.9. The summed E-state index contributed by atoms with van der Waals surface area (Å²) in [6, 6.07) is 19.3. The molecular formula is C27H29ClN4O4. The maximum absolute atomic E-state index is 13.0. The van der Waals surface area contributed by atoms with Gasteiger partial charge in [-0.15, -0.1) is 0 Å². The molecule has 0 atom stereocenters. The Morgan fingerprint density at radius 2 is 1.72 bits per heavy atom. The number of benzene rings is 3. The summed E-state index contributed by atoms with van der Waals surface area (Å²) >= 11 is 6.11. The van der Waals surface area contributed by atoms with Crippen LogP contribution < -0.4 is 10.7 Å². The number of halogens is 1. The Balaban J connectivity index is 1.73. The highest BCUT2D eigenvalue weighted by atomic mass is 35.5. The number of aliphatic hydroxyl groups excluding tert-OH is 2. The Morgan fingerprint density at radius 1 is 0.972 bits per heavy atom. The molecule has 0 aliphatic heterocycles. The van der Waals surface area contributed by atoms with Crippen molar-refractivity contribution in [2.45, 2.75) is 13.5 Å². The van der Waals surface area contributed by atoms with Gasteiger partial charge in [-0.3, -0.25) is 14.5 Å². The second-order valence-corrected chi connectivity index (χ2v) is 8.62. The normalized spacial score (nSPS) is 11.1. The molecule has 0 spiro atoms. The van der Waals surface area contributed by atoms with E-state index in [4.69, 9.17) is 11.6 Å². The molecule has 0 aromatic heterocycles. The van der Waals surface area contributed by atoms with E-state index in [-0.39, 0.29) is 18.8 Å². The first kappa shape index (κ1) is 27.0. The zero-order valence-electron chi connectivity index (χ0n) is 19.9. The van der Waals surface area contributed by atoms with Crippen molar-refractivity contribution in [2.75, 3.05) is 31.6 Å². The van der Waals surface area contributed by atoms with Gasteiger partial charge in [0.1, 0.15) is 0 Å². The van der Waals surface area contributed by atoms with Gasteiger partial charge in [-0.25, -0.2) is 5.43 Å². The highest BCUT2D eigenvalue weighted by Gasteiger charge is 2.16. The van der Waals surface area contributed by atoms with Gasteiger partial charge in [0.25, 0.3) is 11.8 Å². The van der Waals surface area contributed by atoms with Crippen molar-refractivity contribution in [3.05, 3.63) is 99.6 Å². The van der Waals surface area contributed by atoms with E-state index in [9.17, 15) is 19.8 Å². The lowest BCUT2D eigenvalue weighted by Gasteiger charge is -2.20. The minimum atomic E-state index is -0.519. The van der Waals surface area contributed by atoms with Crippen molar-refractivity contribution >= 4 is 35.3 Å². The van der Waals surface area contributed by atoms with Crippen molar-refractivity contribution < 1.29 is 19.8 Å². The molecule has 0 bridgehead atoms. The first-order chi connectivity index (χ1) is 17.4. The molecule has 188 valence electrons. The summed E-state index contributed by atoms with van der Waals surface area (Å²) in [7, 11) is 0. The van der Waals surface area contributed by atoms with Gasteiger partial charge in [-0.05, 0) is 48.4 Å². The van der Waals surface area contributed by atoms with Gasteiger partial charge in [0.2, 0.25) is 0 Å². The number of aliphatic hydroxyl groups is 2. The number of hydrogen-bond acceptors (Lipinski definition) is 6. The Labute approximate surface area is 215 Å². The van der Waals surface area contributed by atoms with E-state index in [0.717, 1.165) is 16.7 Å². The molecule has 0 saturated heterocycles. The second-order valence-electron chi connectivity index (χ2n) is 8.18. The van der Waals surface area contributed by atoms with Gasteiger partial charge in [-0.1, -0.05) is 53.6 Å². The SMILES string of the molecule is Cc1cccc(C=NNC(=O)c2cc(Cl)ccc2NC(=O)c2cccc(CN(CCO)CCO)c2)c1. The van der Waals surface area contributed by atoms with Crippen LogP contribution in [0.5, 0.6) is 0 Å². The van der Waals surface area contributed by atoms with Gasteiger partial charge < -0.3 is 15.5 Å². The number of rotatable bonds is 11. The standard InChI is InChI=1S/C27H29ClN4O4/c1-19-4-2-5-20(14-19)17-29-31-27(36)24-16-23(28)8-9-25(24)30-26(35)22-7-3-6-21(15-22)18-32(10-12-33)11-13-34/h2-9,14-17,33-34H,10-13,18H2,1H3,(H,30,35)(H,31,36). The molecular weight excluding hydrogens is 480 g/mol. The van der Waals surface area contributed by atoms with Crippen LogP contribution in [0, 0.1) is 6.92 Å². The molecule has 3 rings (SSSR count). The number of amides is 2. The molecule has 3 aromatic rings. The molecule has 0 fully saturated rings. The Kier molecular flexibility index (Phi) is 10.1. The van der Waals surface area contributed by atoms with Crippen LogP contribution in [0.1, 0.15) is 37.4 Å². The van der Waals surface area contributed by atoms with Crippen LogP contribution in [-0.4, -0.2) is 59.4 Å². The maximum Gasteiger partial charge on any atom is 0.273 e. The Hall–Kier alpha value is -3.56. The topological polar surface area (TPSA) is 114 Å². The van der Waals surface area contributed by atoms with Crippen LogP contribution in [-0.2, 0) is 6.54 Å². The van der Waals surface area contributed by atoms with Crippen LogP contribution in [0.2, 0.25) is 5.02 Å². The monoisotopic (exact) mass is 508 g/mol. The fourth-order valence-corrected chi connectivity index (χ4v) is 3.78. The molecule has 0 radical (unpaired) electrons. The van der Waals surface area contributed by atoms with Gasteiger partial charge >= 0.3 is 0 Å². The van der Waals surface area contributed by atoms with Crippen LogP contribution in [0.25, 0.3) is 0 Å². The Bertz CT molecular complexity index is 1230. The number of anilines is 1. The average molecular weight is 509 g/mol. The molecule has 0 aliphatic carbocycles. The van der Waals surface area contributed by atoms with Crippen LogP contribution >= 0.6 is 11.6 Å². The molecule has 3 aromatic carbocycles. The third-order valence-electron chi connectivity index (χ3n) is 5.32. The van der Waals surface area contributed by atoms with Gasteiger partial charge in [0.05, 0.1) is 30.7 Å². The number of aryl methyl sites for hydroxylation is 1. The quantitative estimate of drug-likeness (QED) is 0.234. The largest absolute Gasteiger partial charge is 0.395 e. The van der Waals surface area contributed by atoms with Crippen LogP contribution in [0.4, 0.5) is 5.69 Å². The molecule has 0 aliphatic rings. The average Bonchev–Trinajstić information content (AvgIpc) is 2.85. The number of hydrogen-bond donors (Lipinski definition) is 4. The minimum absolute atomic E-state index is 0.0311. The lowest BCUT2D eigenvalue weighted by Crippen LogP contribution is -2.29. The number of carbonyl (C=O) groups excluding carboxylic acids is 2. The molecule has 0 saturated carbocycles. The lowest BCUT2D eigenvalue weighted by molar-refractivity contribution is 0.0956. The van der Waals surface area contributed by atoms with Crippen molar-refractivity contribution in [3.63, 3.8) is 0 Å². The van der Waals surface area contributed by atoms with Crippen LogP contribution in [0.3, 0.4) is 0 Å². The number of nitrogens with one attached hydrogen (secondary N) is 2. The predicted octanol–water partition coefficient (Wildman–Crippen LogP) is 3.45. The van der Waals surface area contributed by atoms with Gasteiger partial charge in [0, 0.05) is 30.2 Å². The molecule has 0 unspecified atom stereocenters. The summed E-state index contributed by atoms with van der Waals surface area (Å²) in [4.78, 5) is 27.7. The van der Waals surface area contributed by atoms with Crippen LogP contribution in [0.15, 0.2) is 71.8 Å². The molecule has 8 nitrogen and oxygen atoms in total. The van der Waals surface area contributed by atoms with Crippen molar-refractivity contribution in [3.8, 4) is 0 Å². The van der Waals surface area contributed by atoms with E-state index in [0.29, 0.717) is 35.9 Å². The zero-order valence-corrected chi connectivity index (χ0v) is 20.7. The summed E-state index contributed by atoms with van der Waals surface area (Å²) in [5.41, 5.74) is 6.11. The fourth-order valence-electron chi connectivity index (χ4n) is 3.61. The first-order valence-electron chi connectivity index (χ1n) is 11.4. The maximum atomic E-state index is 13.0. The Morgan fingerprint density at radius 3 is 2.44 bits per heavy atom. The second kappa shape index (κ2) is 13.5. The lowest BCUT2D eigenvalue weighted by atomic mass is 10.1. The van der Waals surface area contributed by atoms with E-state index in [1.807, 2.05) is 42.2 Å². The summed E-state index contributed by atoms with van der Waals surface area (Å²) in [5, 5.41) is 25.6. The number of hydrazone groups is 1. The fraction of sp³-hybridized carbons (Fsp3) is 0.222. The molecule has 0 heterocycles. The van der Waals surface area contributed by atoms with E-state index >= 15 is 0 Å². The highest BCUT2D eigenvalue weighted by Crippen LogP contribution is 2.22. The van der Waals surface area contributed by atoms with E-state index in [2.05, 4.69) is 15.8 Å². The first-order valence-corrected chi connectivity index (χ1v) is 11.8. The molecule has 36 heavy (non-hydrogen) atoms. The molecule has 2 amide bonds. The van der Waals surface area contributed by atoms with E-state index < -0.39 is 11.8 Å². The third kappa shape index (κ3) is 8.00. The van der Waals surface area contributed by atoms with Crippen molar-refractivity contribution in [1.29, 1.82) is 0 Å². The number of carbonyl (C=O) groups is 2. The van der Waals surface area contributed by atoms with E-state index in [1.54, 1.807) is 30.3 Å². The summed E-state index contributed by atoms with van der Waals surface area (Å²) in [6.45, 7) is 3.19. The summed E-state index contributed by atoms with van der Waals surface area (Å²) in [5.74, 6) is -0.915. The van der Waals surface area contributed by atoms with Gasteiger partial charge in [0.15, 0.2) is 0 Å². The smallest absolute Gasteiger partial charge is 0.273 e. The van der Waals surface area contributed by atoms with Gasteiger partial charge in [-0.2, -0.15) is 5.10 Å². The third-order valence-corrected chi connectivity index (χ3v) is 5.56. The predicted molar refractivity (Wildman–Crippen MR) is 142 cm³/mol. The molecule has 9 heteroatoms.